The SMILES string of the molecule is N#Cc1cc(F)cc(-c2cccc(N(c3ccccc3)c3cnc4cc(-c5ccccc5)cc(-c5ccccc5)c4c3)c2)c1. The molecule has 6 aromatic carbocycles. The third kappa shape index (κ3) is 5.31. The monoisotopic (exact) mass is 567 g/mol. The summed E-state index contributed by atoms with van der Waals surface area (Å²) in [6, 6.07) is 51.9. The van der Waals surface area contributed by atoms with E-state index in [0.717, 1.165) is 55.8 Å². The lowest BCUT2D eigenvalue weighted by Crippen LogP contribution is -2.10. The molecule has 0 radical (unpaired) electrons. The molecule has 0 saturated carbocycles. The van der Waals surface area contributed by atoms with Crippen LogP contribution in [0.5, 0.6) is 0 Å². The number of halogens is 1. The van der Waals surface area contributed by atoms with Gasteiger partial charge in [0, 0.05) is 16.8 Å². The van der Waals surface area contributed by atoms with Gasteiger partial charge in [-0.2, -0.15) is 5.26 Å². The summed E-state index contributed by atoms with van der Waals surface area (Å²) < 4.78 is 14.4. The van der Waals surface area contributed by atoms with Gasteiger partial charge in [-0.05, 0) is 94.0 Å². The predicted molar refractivity (Wildman–Crippen MR) is 177 cm³/mol. The Morgan fingerprint density at radius 1 is 0.523 bits per heavy atom. The summed E-state index contributed by atoms with van der Waals surface area (Å²) in [6.45, 7) is 0. The van der Waals surface area contributed by atoms with Gasteiger partial charge < -0.3 is 4.90 Å². The Morgan fingerprint density at radius 2 is 1.16 bits per heavy atom. The molecule has 3 nitrogen and oxygen atoms in total. The lowest BCUT2D eigenvalue weighted by Gasteiger charge is -2.26. The Labute approximate surface area is 255 Å². The maximum absolute atomic E-state index is 14.4. The third-order valence-electron chi connectivity index (χ3n) is 7.72. The summed E-state index contributed by atoms with van der Waals surface area (Å²) in [7, 11) is 0. The average molecular weight is 568 g/mol. The van der Waals surface area contributed by atoms with E-state index in [1.165, 1.54) is 12.1 Å². The second kappa shape index (κ2) is 11.7. The third-order valence-corrected chi connectivity index (χ3v) is 7.72. The van der Waals surface area contributed by atoms with Crippen LogP contribution in [0.3, 0.4) is 0 Å². The normalized spacial score (nSPS) is 10.8. The van der Waals surface area contributed by atoms with Crippen LogP contribution in [0.25, 0.3) is 44.3 Å². The molecular weight excluding hydrogens is 541 g/mol. The number of fused-ring (bicyclic) bond motifs is 1. The molecule has 0 aliphatic heterocycles. The van der Waals surface area contributed by atoms with Gasteiger partial charge in [-0.1, -0.05) is 91.0 Å². The second-order valence-electron chi connectivity index (χ2n) is 10.6. The zero-order valence-electron chi connectivity index (χ0n) is 23.7. The minimum atomic E-state index is -0.439. The number of nitriles is 1. The smallest absolute Gasteiger partial charge is 0.125 e. The van der Waals surface area contributed by atoms with Crippen LogP contribution in [-0.4, -0.2) is 4.98 Å². The molecule has 0 spiro atoms. The summed E-state index contributed by atoms with van der Waals surface area (Å²) >= 11 is 0. The van der Waals surface area contributed by atoms with Crippen molar-refractivity contribution in [2.75, 3.05) is 4.90 Å². The number of aromatic nitrogens is 1. The van der Waals surface area contributed by atoms with Crippen molar-refractivity contribution in [1.29, 1.82) is 5.26 Å². The molecular formula is C40H26FN3. The number of anilines is 3. The van der Waals surface area contributed by atoms with E-state index in [-0.39, 0.29) is 5.56 Å². The van der Waals surface area contributed by atoms with Crippen LogP contribution in [0.15, 0.2) is 158 Å². The maximum Gasteiger partial charge on any atom is 0.125 e. The van der Waals surface area contributed by atoms with Gasteiger partial charge in [0.25, 0.3) is 0 Å². The van der Waals surface area contributed by atoms with Gasteiger partial charge in [0.05, 0.1) is 29.0 Å². The van der Waals surface area contributed by atoms with E-state index in [2.05, 4.69) is 89.8 Å². The first kappa shape index (κ1) is 26.8. The molecule has 0 aliphatic rings. The van der Waals surface area contributed by atoms with Crippen LogP contribution >= 0.6 is 0 Å². The fourth-order valence-corrected chi connectivity index (χ4v) is 5.66. The molecule has 4 heteroatoms. The summed E-state index contributed by atoms with van der Waals surface area (Å²) in [6.07, 6.45) is 1.90. The van der Waals surface area contributed by atoms with Crippen LogP contribution in [0.2, 0.25) is 0 Å². The molecule has 0 amide bonds. The molecule has 0 saturated heterocycles. The van der Waals surface area contributed by atoms with Gasteiger partial charge in [0.15, 0.2) is 0 Å². The number of benzene rings is 6. The van der Waals surface area contributed by atoms with Gasteiger partial charge >= 0.3 is 0 Å². The average Bonchev–Trinajstić information content (AvgIpc) is 3.09. The van der Waals surface area contributed by atoms with Crippen molar-refractivity contribution < 1.29 is 4.39 Å². The number of pyridine rings is 1. The highest BCUT2D eigenvalue weighted by molar-refractivity contribution is 6.00. The van der Waals surface area contributed by atoms with Crippen LogP contribution in [-0.2, 0) is 0 Å². The highest BCUT2D eigenvalue weighted by atomic mass is 19.1. The molecule has 1 aromatic heterocycles. The highest BCUT2D eigenvalue weighted by Crippen LogP contribution is 2.40. The Balaban J connectivity index is 1.42. The van der Waals surface area contributed by atoms with Crippen molar-refractivity contribution in [3.63, 3.8) is 0 Å². The Morgan fingerprint density at radius 3 is 1.89 bits per heavy atom. The standard InChI is InChI=1S/C40H26FN3/c41-34-20-28(26-42)19-32(21-34)31-15-10-18-36(22-31)44(35-16-8-3-9-17-35)37-25-39-38(30-13-6-2-7-14-30)23-33(24-40(39)43-27-37)29-11-4-1-5-12-29/h1-25,27H. The Hall–Kier alpha value is -6.05. The van der Waals surface area contributed by atoms with Crippen molar-refractivity contribution >= 4 is 28.0 Å². The maximum atomic E-state index is 14.4. The summed E-state index contributed by atoms with van der Waals surface area (Å²) in [5.74, 6) is -0.439. The number of hydrogen-bond acceptors (Lipinski definition) is 3. The molecule has 7 rings (SSSR count). The predicted octanol–water partition coefficient (Wildman–Crippen LogP) is 10.7. The van der Waals surface area contributed by atoms with Gasteiger partial charge in [-0.15, -0.1) is 0 Å². The van der Waals surface area contributed by atoms with Gasteiger partial charge in [0.2, 0.25) is 0 Å². The summed E-state index contributed by atoms with van der Waals surface area (Å²) in [4.78, 5) is 7.17. The van der Waals surface area contributed by atoms with Gasteiger partial charge in [0.1, 0.15) is 5.82 Å². The second-order valence-corrected chi connectivity index (χ2v) is 10.6. The van der Waals surface area contributed by atoms with Crippen molar-refractivity contribution in [2.45, 2.75) is 0 Å². The molecule has 0 unspecified atom stereocenters. The first-order chi connectivity index (χ1) is 21.7. The molecule has 0 aliphatic carbocycles. The fourth-order valence-electron chi connectivity index (χ4n) is 5.66. The largest absolute Gasteiger partial charge is 0.309 e. The van der Waals surface area contributed by atoms with Gasteiger partial charge in [-0.25, -0.2) is 4.39 Å². The van der Waals surface area contributed by atoms with Crippen LogP contribution < -0.4 is 4.90 Å². The van der Waals surface area contributed by atoms with Crippen molar-refractivity contribution in [3.8, 4) is 39.4 Å². The van der Waals surface area contributed by atoms with E-state index >= 15 is 0 Å². The minimum Gasteiger partial charge on any atom is -0.309 e. The molecule has 0 fully saturated rings. The van der Waals surface area contributed by atoms with E-state index < -0.39 is 5.82 Å². The topological polar surface area (TPSA) is 39.9 Å². The highest BCUT2D eigenvalue weighted by Gasteiger charge is 2.17. The first-order valence-electron chi connectivity index (χ1n) is 14.4. The summed E-state index contributed by atoms with van der Waals surface area (Å²) in [5.41, 5.74) is 9.84. The van der Waals surface area contributed by atoms with Crippen LogP contribution in [0.1, 0.15) is 5.56 Å². The zero-order chi connectivity index (χ0) is 29.9. The number of para-hydroxylation sites is 1. The van der Waals surface area contributed by atoms with Crippen molar-refractivity contribution in [3.05, 3.63) is 169 Å². The summed E-state index contributed by atoms with van der Waals surface area (Å²) in [5, 5.41) is 10.5. The van der Waals surface area contributed by atoms with Crippen LogP contribution in [0, 0.1) is 17.1 Å². The lowest BCUT2D eigenvalue weighted by molar-refractivity contribution is 0.628. The van der Waals surface area contributed by atoms with E-state index in [1.807, 2.05) is 60.8 Å². The molecule has 1 heterocycles. The van der Waals surface area contributed by atoms with Gasteiger partial charge in [-0.3, -0.25) is 4.98 Å². The molecule has 0 N–H and O–H groups in total. The molecule has 0 atom stereocenters. The first-order valence-corrected chi connectivity index (χ1v) is 14.4. The molecule has 44 heavy (non-hydrogen) atoms. The Bertz CT molecular complexity index is 2140. The molecule has 208 valence electrons. The number of hydrogen-bond donors (Lipinski definition) is 0. The minimum absolute atomic E-state index is 0.285. The zero-order valence-corrected chi connectivity index (χ0v) is 23.7. The van der Waals surface area contributed by atoms with E-state index in [0.29, 0.717) is 5.56 Å². The Kier molecular flexibility index (Phi) is 7.12. The molecule has 7 aromatic rings. The van der Waals surface area contributed by atoms with Crippen LogP contribution in [0.4, 0.5) is 21.5 Å². The van der Waals surface area contributed by atoms with E-state index in [9.17, 15) is 9.65 Å². The molecule has 0 bridgehead atoms. The number of rotatable bonds is 6. The van der Waals surface area contributed by atoms with Crippen molar-refractivity contribution in [2.24, 2.45) is 0 Å². The lowest BCUT2D eigenvalue weighted by atomic mass is 9.94. The quantitative estimate of drug-likeness (QED) is 0.201. The van der Waals surface area contributed by atoms with E-state index in [4.69, 9.17) is 4.98 Å². The van der Waals surface area contributed by atoms with Crippen molar-refractivity contribution in [1.82, 2.24) is 4.98 Å². The van der Waals surface area contributed by atoms with E-state index in [1.54, 1.807) is 6.07 Å². The number of nitrogens with zero attached hydrogens (tertiary/aromatic N) is 3. The fraction of sp³-hybridized carbons (Fsp3) is 0.